The van der Waals surface area contributed by atoms with E-state index in [2.05, 4.69) is 9.97 Å². The maximum absolute atomic E-state index is 5.78. The molecule has 2 aliphatic rings. The van der Waals surface area contributed by atoms with Crippen molar-refractivity contribution in [2.75, 3.05) is 0 Å². The Labute approximate surface area is 87.5 Å². The Balaban J connectivity index is 1.89. The first-order valence-electron chi connectivity index (χ1n) is 4.97. The Bertz CT molecular complexity index is 358. The van der Waals surface area contributed by atoms with Crippen molar-refractivity contribution in [3.63, 3.8) is 0 Å². The number of fused-ring (bicyclic) bond motifs is 2. The van der Waals surface area contributed by atoms with Crippen molar-refractivity contribution in [1.82, 2.24) is 9.97 Å². The molecule has 3 unspecified atom stereocenters. The molecular formula is C10H11ClN2O. The highest BCUT2D eigenvalue weighted by Crippen LogP contribution is 2.43. The average molecular weight is 211 g/mol. The summed E-state index contributed by atoms with van der Waals surface area (Å²) in [5.41, 5.74) is 1.04. The van der Waals surface area contributed by atoms with Crippen molar-refractivity contribution in [2.24, 2.45) is 0 Å². The van der Waals surface area contributed by atoms with Crippen LogP contribution in [0.15, 0.2) is 12.3 Å². The molecule has 2 bridgehead atoms. The fraction of sp³-hybridized carbons (Fsp3) is 0.600. The van der Waals surface area contributed by atoms with Gasteiger partial charge in [0.2, 0.25) is 5.28 Å². The van der Waals surface area contributed by atoms with Gasteiger partial charge in [0.05, 0.1) is 17.9 Å². The van der Waals surface area contributed by atoms with Crippen LogP contribution in [0.1, 0.15) is 30.9 Å². The van der Waals surface area contributed by atoms with E-state index < -0.39 is 0 Å². The molecule has 1 aromatic heterocycles. The van der Waals surface area contributed by atoms with E-state index in [9.17, 15) is 0 Å². The summed E-state index contributed by atoms with van der Waals surface area (Å²) in [5.74, 6) is 0.439. The highest BCUT2D eigenvalue weighted by molar-refractivity contribution is 6.28. The van der Waals surface area contributed by atoms with Gasteiger partial charge in [-0.1, -0.05) is 0 Å². The molecule has 0 aromatic carbocycles. The maximum Gasteiger partial charge on any atom is 0.222 e. The number of aromatic nitrogens is 2. The molecule has 2 aliphatic heterocycles. The number of halogens is 1. The van der Waals surface area contributed by atoms with Gasteiger partial charge in [-0.05, 0) is 36.9 Å². The molecule has 0 amide bonds. The van der Waals surface area contributed by atoms with Gasteiger partial charge in [0.15, 0.2) is 0 Å². The summed E-state index contributed by atoms with van der Waals surface area (Å²) < 4.78 is 5.78. The van der Waals surface area contributed by atoms with Gasteiger partial charge in [-0.25, -0.2) is 9.97 Å². The molecule has 74 valence electrons. The molecule has 14 heavy (non-hydrogen) atoms. The molecular weight excluding hydrogens is 200 g/mol. The normalized spacial score (nSPS) is 35.1. The van der Waals surface area contributed by atoms with Crippen molar-refractivity contribution in [3.8, 4) is 0 Å². The van der Waals surface area contributed by atoms with Crippen LogP contribution >= 0.6 is 11.6 Å². The second-order valence-corrected chi connectivity index (χ2v) is 4.30. The van der Waals surface area contributed by atoms with Crippen molar-refractivity contribution >= 4 is 11.6 Å². The van der Waals surface area contributed by atoms with Crippen LogP contribution in [0.25, 0.3) is 0 Å². The Morgan fingerprint density at radius 3 is 3.00 bits per heavy atom. The van der Waals surface area contributed by atoms with Gasteiger partial charge >= 0.3 is 0 Å². The lowest BCUT2D eigenvalue weighted by Crippen LogP contribution is -2.15. The fourth-order valence-corrected chi connectivity index (χ4v) is 2.66. The number of rotatable bonds is 1. The highest BCUT2D eigenvalue weighted by atomic mass is 35.5. The molecule has 0 spiro atoms. The zero-order valence-corrected chi connectivity index (χ0v) is 8.44. The third-order valence-corrected chi connectivity index (χ3v) is 3.32. The summed E-state index contributed by atoms with van der Waals surface area (Å²) in [6, 6.07) is 1.95. The predicted octanol–water partition coefficient (Wildman–Crippen LogP) is 2.16. The Morgan fingerprint density at radius 1 is 1.43 bits per heavy atom. The van der Waals surface area contributed by atoms with E-state index in [4.69, 9.17) is 16.3 Å². The van der Waals surface area contributed by atoms with Gasteiger partial charge in [0.1, 0.15) is 0 Å². The van der Waals surface area contributed by atoms with Crippen LogP contribution < -0.4 is 0 Å². The summed E-state index contributed by atoms with van der Waals surface area (Å²) in [6.45, 7) is 0. The summed E-state index contributed by atoms with van der Waals surface area (Å²) in [4.78, 5) is 8.14. The third-order valence-electron chi connectivity index (χ3n) is 3.13. The lowest BCUT2D eigenvalue weighted by Gasteiger charge is -2.17. The lowest BCUT2D eigenvalue weighted by atomic mass is 9.87. The molecule has 1 aromatic rings. The van der Waals surface area contributed by atoms with Crippen LogP contribution in [0.2, 0.25) is 5.28 Å². The molecule has 0 saturated carbocycles. The standard InChI is InChI=1S/C10H11ClN2O/c11-10-12-4-3-8(13-10)7-5-6-1-2-9(7)14-6/h3-4,6-7,9H,1-2,5H2. The van der Waals surface area contributed by atoms with Crippen molar-refractivity contribution in [1.29, 1.82) is 0 Å². The zero-order chi connectivity index (χ0) is 9.54. The SMILES string of the molecule is Clc1nccc(C2CC3CCC2O3)n1. The van der Waals surface area contributed by atoms with Gasteiger partial charge in [0, 0.05) is 12.1 Å². The minimum atomic E-state index is 0.338. The molecule has 2 saturated heterocycles. The first kappa shape index (κ1) is 8.62. The molecule has 0 radical (unpaired) electrons. The highest BCUT2D eigenvalue weighted by Gasteiger charge is 2.42. The summed E-state index contributed by atoms with van der Waals surface area (Å²) in [6.07, 6.45) is 6.01. The van der Waals surface area contributed by atoms with Crippen LogP contribution in [0.3, 0.4) is 0 Å². The molecule has 3 heterocycles. The molecule has 4 heteroatoms. The van der Waals surface area contributed by atoms with Gasteiger partial charge in [-0.15, -0.1) is 0 Å². The largest absolute Gasteiger partial charge is 0.374 e. The molecule has 2 fully saturated rings. The van der Waals surface area contributed by atoms with Crippen molar-refractivity contribution < 1.29 is 4.74 Å². The second kappa shape index (κ2) is 3.17. The summed E-state index contributed by atoms with van der Waals surface area (Å²) in [7, 11) is 0. The van der Waals surface area contributed by atoms with Gasteiger partial charge in [-0.2, -0.15) is 0 Å². The molecule has 3 atom stereocenters. The number of nitrogens with zero attached hydrogens (tertiary/aromatic N) is 2. The Hall–Kier alpha value is -0.670. The molecule has 3 nitrogen and oxygen atoms in total. The lowest BCUT2D eigenvalue weighted by molar-refractivity contribution is 0.100. The second-order valence-electron chi connectivity index (χ2n) is 3.97. The van der Waals surface area contributed by atoms with E-state index >= 15 is 0 Å². The third kappa shape index (κ3) is 1.31. The number of ether oxygens (including phenoxy) is 1. The van der Waals surface area contributed by atoms with E-state index in [-0.39, 0.29) is 0 Å². The van der Waals surface area contributed by atoms with Crippen LogP contribution in [-0.2, 0) is 4.74 Å². The smallest absolute Gasteiger partial charge is 0.222 e. The van der Waals surface area contributed by atoms with Crippen molar-refractivity contribution in [2.45, 2.75) is 37.4 Å². The Morgan fingerprint density at radius 2 is 2.36 bits per heavy atom. The first-order valence-corrected chi connectivity index (χ1v) is 5.34. The van der Waals surface area contributed by atoms with Crippen LogP contribution in [0, 0.1) is 0 Å². The first-order chi connectivity index (χ1) is 6.83. The number of hydrogen-bond donors (Lipinski definition) is 0. The minimum absolute atomic E-state index is 0.338. The van der Waals surface area contributed by atoms with Crippen LogP contribution in [-0.4, -0.2) is 22.2 Å². The minimum Gasteiger partial charge on any atom is -0.374 e. The van der Waals surface area contributed by atoms with E-state index in [0.717, 1.165) is 18.5 Å². The van der Waals surface area contributed by atoms with Gasteiger partial charge in [-0.3, -0.25) is 0 Å². The molecule has 0 aliphatic carbocycles. The topological polar surface area (TPSA) is 35.0 Å². The van der Waals surface area contributed by atoms with Gasteiger partial charge < -0.3 is 4.74 Å². The van der Waals surface area contributed by atoms with Crippen molar-refractivity contribution in [3.05, 3.63) is 23.2 Å². The zero-order valence-electron chi connectivity index (χ0n) is 7.69. The molecule has 3 rings (SSSR count). The number of hydrogen-bond acceptors (Lipinski definition) is 3. The quantitative estimate of drug-likeness (QED) is 0.667. The van der Waals surface area contributed by atoms with Gasteiger partial charge in [0.25, 0.3) is 0 Å². The Kier molecular flexibility index (Phi) is 1.96. The van der Waals surface area contributed by atoms with E-state index in [1.807, 2.05) is 6.07 Å². The van der Waals surface area contributed by atoms with E-state index in [1.54, 1.807) is 6.20 Å². The summed E-state index contributed by atoms with van der Waals surface area (Å²) >= 11 is 5.76. The maximum atomic E-state index is 5.78. The predicted molar refractivity (Wildman–Crippen MR) is 52.3 cm³/mol. The fourth-order valence-electron chi connectivity index (χ4n) is 2.50. The van der Waals surface area contributed by atoms with E-state index in [1.165, 1.54) is 6.42 Å². The van der Waals surface area contributed by atoms with Crippen LogP contribution in [0.5, 0.6) is 0 Å². The summed E-state index contributed by atoms with van der Waals surface area (Å²) in [5, 5.41) is 0.338. The molecule has 0 N–H and O–H groups in total. The average Bonchev–Trinajstić information content (AvgIpc) is 2.78. The van der Waals surface area contributed by atoms with E-state index in [0.29, 0.717) is 23.4 Å². The van der Waals surface area contributed by atoms with Crippen LogP contribution in [0.4, 0.5) is 0 Å². The monoisotopic (exact) mass is 210 g/mol.